The van der Waals surface area contributed by atoms with Crippen LogP contribution >= 0.6 is 0 Å². The molecule has 1 unspecified atom stereocenters. The summed E-state index contributed by atoms with van der Waals surface area (Å²) in [7, 11) is 1.66. The topological polar surface area (TPSA) is 25.4 Å². The third-order valence-electron chi connectivity index (χ3n) is 3.46. The van der Waals surface area contributed by atoms with Crippen molar-refractivity contribution in [2.75, 3.05) is 20.2 Å². The Balaban J connectivity index is 2.26. The van der Waals surface area contributed by atoms with Gasteiger partial charge < -0.3 is 4.74 Å². The second-order valence-corrected chi connectivity index (χ2v) is 4.37. The lowest BCUT2D eigenvalue weighted by Gasteiger charge is -2.24. The van der Waals surface area contributed by atoms with E-state index >= 15 is 0 Å². The zero-order valence-corrected chi connectivity index (χ0v) is 10.4. The molecule has 0 spiro atoms. The Morgan fingerprint density at radius 1 is 1.56 bits per heavy atom. The van der Waals surface area contributed by atoms with Crippen LogP contribution in [0.3, 0.4) is 0 Å². The highest BCUT2D eigenvalue weighted by Gasteiger charge is 2.25. The van der Waals surface area contributed by atoms with E-state index in [1.165, 1.54) is 30.5 Å². The molecular formula is C13H20N2O. The van der Waals surface area contributed by atoms with E-state index in [1.807, 2.05) is 12.3 Å². The Morgan fingerprint density at radius 2 is 2.38 bits per heavy atom. The SMILES string of the molecule is CCN1CCCC1c1cnc(OC)cc1C. The van der Waals surface area contributed by atoms with Crippen LogP contribution in [0.5, 0.6) is 5.88 Å². The van der Waals surface area contributed by atoms with Crippen molar-refractivity contribution >= 4 is 0 Å². The van der Waals surface area contributed by atoms with E-state index in [0.717, 1.165) is 6.54 Å². The minimum atomic E-state index is 0.559. The smallest absolute Gasteiger partial charge is 0.213 e. The Bertz CT molecular complexity index is 365. The molecule has 1 fully saturated rings. The van der Waals surface area contributed by atoms with Gasteiger partial charge in [-0.25, -0.2) is 4.98 Å². The van der Waals surface area contributed by atoms with Gasteiger partial charge in [-0.1, -0.05) is 6.92 Å². The van der Waals surface area contributed by atoms with Crippen LogP contribution in [0.25, 0.3) is 0 Å². The van der Waals surface area contributed by atoms with E-state index in [0.29, 0.717) is 11.9 Å². The summed E-state index contributed by atoms with van der Waals surface area (Å²) < 4.78 is 5.14. The average molecular weight is 220 g/mol. The lowest BCUT2D eigenvalue weighted by atomic mass is 10.0. The molecule has 0 bridgehead atoms. The Kier molecular flexibility index (Phi) is 3.44. The molecule has 0 aliphatic carbocycles. The monoisotopic (exact) mass is 220 g/mol. The summed E-state index contributed by atoms with van der Waals surface area (Å²) in [4.78, 5) is 6.85. The van der Waals surface area contributed by atoms with E-state index < -0.39 is 0 Å². The third-order valence-corrected chi connectivity index (χ3v) is 3.46. The van der Waals surface area contributed by atoms with Crippen molar-refractivity contribution in [3.05, 3.63) is 23.4 Å². The van der Waals surface area contributed by atoms with Crippen LogP contribution < -0.4 is 4.74 Å². The molecule has 2 rings (SSSR count). The highest BCUT2D eigenvalue weighted by Crippen LogP contribution is 2.33. The minimum Gasteiger partial charge on any atom is -0.481 e. The Hall–Kier alpha value is -1.09. The van der Waals surface area contributed by atoms with E-state index in [4.69, 9.17) is 4.74 Å². The van der Waals surface area contributed by atoms with Crippen molar-refractivity contribution in [3.8, 4) is 5.88 Å². The van der Waals surface area contributed by atoms with E-state index in [1.54, 1.807) is 7.11 Å². The van der Waals surface area contributed by atoms with Gasteiger partial charge in [-0.05, 0) is 44.0 Å². The molecule has 0 saturated carbocycles. The first-order valence-electron chi connectivity index (χ1n) is 6.00. The Labute approximate surface area is 97.4 Å². The minimum absolute atomic E-state index is 0.559. The van der Waals surface area contributed by atoms with Crippen LogP contribution in [-0.2, 0) is 0 Å². The predicted molar refractivity (Wildman–Crippen MR) is 64.7 cm³/mol. The molecule has 0 radical (unpaired) electrons. The second kappa shape index (κ2) is 4.83. The molecule has 0 aromatic carbocycles. The van der Waals surface area contributed by atoms with Crippen molar-refractivity contribution < 1.29 is 4.74 Å². The summed E-state index contributed by atoms with van der Waals surface area (Å²) in [6.07, 6.45) is 4.53. The number of methoxy groups -OCH3 is 1. The molecule has 1 aromatic heterocycles. The second-order valence-electron chi connectivity index (χ2n) is 4.37. The highest BCUT2D eigenvalue weighted by molar-refractivity contribution is 5.31. The number of aryl methyl sites for hydroxylation is 1. The van der Waals surface area contributed by atoms with Gasteiger partial charge in [0.2, 0.25) is 5.88 Å². The molecule has 0 N–H and O–H groups in total. The van der Waals surface area contributed by atoms with E-state index in [9.17, 15) is 0 Å². The van der Waals surface area contributed by atoms with Gasteiger partial charge in [-0.15, -0.1) is 0 Å². The molecule has 1 aliphatic rings. The maximum absolute atomic E-state index is 5.14. The number of pyridine rings is 1. The van der Waals surface area contributed by atoms with Crippen molar-refractivity contribution in [1.29, 1.82) is 0 Å². The number of rotatable bonds is 3. The summed E-state index contributed by atoms with van der Waals surface area (Å²) in [5.74, 6) is 0.710. The number of hydrogen-bond acceptors (Lipinski definition) is 3. The number of likely N-dealkylation sites (tertiary alicyclic amines) is 1. The van der Waals surface area contributed by atoms with Crippen LogP contribution in [0.2, 0.25) is 0 Å². The first-order chi connectivity index (χ1) is 7.76. The number of ether oxygens (including phenoxy) is 1. The van der Waals surface area contributed by atoms with Crippen molar-refractivity contribution in [3.63, 3.8) is 0 Å². The fourth-order valence-electron chi connectivity index (χ4n) is 2.56. The van der Waals surface area contributed by atoms with Crippen LogP contribution in [0.1, 0.15) is 36.9 Å². The number of hydrogen-bond donors (Lipinski definition) is 0. The average Bonchev–Trinajstić information content (AvgIpc) is 2.76. The van der Waals surface area contributed by atoms with Crippen LogP contribution in [0.15, 0.2) is 12.3 Å². The van der Waals surface area contributed by atoms with Gasteiger partial charge in [0.1, 0.15) is 0 Å². The van der Waals surface area contributed by atoms with Crippen LogP contribution in [-0.4, -0.2) is 30.1 Å². The van der Waals surface area contributed by atoms with Gasteiger partial charge in [-0.3, -0.25) is 4.90 Å². The molecule has 1 aliphatic heterocycles. The maximum Gasteiger partial charge on any atom is 0.213 e. The molecule has 1 saturated heterocycles. The normalized spacial score (nSPS) is 21.3. The quantitative estimate of drug-likeness (QED) is 0.782. The third kappa shape index (κ3) is 2.05. The molecule has 16 heavy (non-hydrogen) atoms. The lowest BCUT2D eigenvalue weighted by molar-refractivity contribution is 0.270. The summed E-state index contributed by atoms with van der Waals surface area (Å²) >= 11 is 0. The van der Waals surface area contributed by atoms with Crippen molar-refractivity contribution in [1.82, 2.24) is 9.88 Å². The van der Waals surface area contributed by atoms with Crippen molar-refractivity contribution in [2.45, 2.75) is 32.7 Å². The van der Waals surface area contributed by atoms with Crippen molar-refractivity contribution in [2.24, 2.45) is 0 Å². The molecule has 0 amide bonds. The molecule has 3 heteroatoms. The summed E-state index contributed by atoms with van der Waals surface area (Å²) in [5, 5.41) is 0. The summed E-state index contributed by atoms with van der Waals surface area (Å²) in [5.41, 5.74) is 2.65. The maximum atomic E-state index is 5.14. The largest absolute Gasteiger partial charge is 0.481 e. The molecule has 3 nitrogen and oxygen atoms in total. The molecule has 1 aromatic rings. The number of nitrogens with zero attached hydrogens (tertiary/aromatic N) is 2. The molecule has 1 atom stereocenters. The zero-order chi connectivity index (χ0) is 11.5. The highest BCUT2D eigenvalue weighted by atomic mass is 16.5. The van der Waals surface area contributed by atoms with Gasteiger partial charge in [0.15, 0.2) is 0 Å². The summed E-state index contributed by atoms with van der Waals surface area (Å²) in [6, 6.07) is 2.59. The molecular weight excluding hydrogens is 200 g/mol. The molecule has 2 heterocycles. The zero-order valence-electron chi connectivity index (χ0n) is 10.4. The van der Waals surface area contributed by atoms with Gasteiger partial charge in [0.25, 0.3) is 0 Å². The van der Waals surface area contributed by atoms with E-state index in [2.05, 4.69) is 23.7 Å². The first-order valence-corrected chi connectivity index (χ1v) is 6.00. The van der Waals surface area contributed by atoms with Crippen LogP contribution in [0, 0.1) is 6.92 Å². The standard InChI is InChI=1S/C13H20N2O/c1-4-15-7-5-6-12(15)11-9-14-13(16-3)8-10(11)2/h8-9,12H,4-7H2,1-3H3. The van der Waals surface area contributed by atoms with Gasteiger partial charge in [0, 0.05) is 18.3 Å². The fourth-order valence-corrected chi connectivity index (χ4v) is 2.56. The van der Waals surface area contributed by atoms with E-state index in [-0.39, 0.29) is 0 Å². The van der Waals surface area contributed by atoms with Gasteiger partial charge >= 0.3 is 0 Å². The van der Waals surface area contributed by atoms with Gasteiger partial charge in [0.05, 0.1) is 7.11 Å². The molecule has 88 valence electrons. The fraction of sp³-hybridized carbons (Fsp3) is 0.615. The number of aromatic nitrogens is 1. The predicted octanol–water partition coefficient (Wildman–Crippen LogP) is 2.56. The lowest BCUT2D eigenvalue weighted by Crippen LogP contribution is -2.23. The first kappa shape index (κ1) is 11.4. The van der Waals surface area contributed by atoms with Crippen LogP contribution in [0.4, 0.5) is 0 Å². The summed E-state index contributed by atoms with van der Waals surface area (Å²) in [6.45, 7) is 6.71. The van der Waals surface area contributed by atoms with Gasteiger partial charge in [-0.2, -0.15) is 0 Å². The Morgan fingerprint density at radius 3 is 3.00 bits per heavy atom.